The first-order chi connectivity index (χ1) is 9.92. The van der Waals surface area contributed by atoms with Gasteiger partial charge in [0.2, 0.25) is 0 Å². The van der Waals surface area contributed by atoms with E-state index in [1.807, 2.05) is 6.92 Å². The average Bonchev–Trinajstić information content (AvgIpc) is 2.86. The van der Waals surface area contributed by atoms with Crippen LogP contribution in [-0.4, -0.2) is 28.0 Å². The summed E-state index contributed by atoms with van der Waals surface area (Å²) in [6.07, 6.45) is 0.666. The number of carbonyl (C=O) groups is 2. The van der Waals surface area contributed by atoms with Crippen molar-refractivity contribution in [2.45, 2.75) is 26.3 Å². The maximum atomic E-state index is 12.2. The summed E-state index contributed by atoms with van der Waals surface area (Å²) in [5.41, 5.74) is 1.06. The van der Waals surface area contributed by atoms with Gasteiger partial charge in [0.25, 0.3) is 5.91 Å². The van der Waals surface area contributed by atoms with Crippen LogP contribution in [0.5, 0.6) is 0 Å². The highest BCUT2D eigenvalue weighted by atomic mass is 35.5. The number of fused-ring (bicyclic) bond motifs is 1. The van der Waals surface area contributed by atoms with Crippen molar-refractivity contribution in [3.8, 4) is 0 Å². The Labute approximate surface area is 127 Å². The van der Waals surface area contributed by atoms with Crippen LogP contribution in [-0.2, 0) is 4.79 Å². The molecule has 2 atom stereocenters. The van der Waals surface area contributed by atoms with Gasteiger partial charge in [0.05, 0.1) is 0 Å². The van der Waals surface area contributed by atoms with Crippen LogP contribution < -0.4 is 5.32 Å². The van der Waals surface area contributed by atoms with Gasteiger partial charge >= 0.3 is 5.97 Å². The summed E-state index contributed by atoms with van der Waals surface area (Å²) in [4.78, 5) is 26.4. The van der Waals surface area contributed by atoms with Crippen LogP contribution in [0.15, 0.2) is 24.3 Å². The van der Waals surface area contributed by atoms with Crippen LogP contribution in [0.2, 0.25) is 5.02 Å². The Morgan fingerprint density at radius 2 is 2.10 bits per heavy atom. The molecule has 1 heterocycles. The molecule has 2 aromatic rings. The van der Waals surface area contributed by atoms with E-state index in [2.05, 4.69) is 10.3 Å². The molecule has 0 radical (unpaired) electrons. The monoisotopic (exact) mass is 308 g/mol. The number of carbonyl (C=O) groups excluding carboxylic acids is 1. The van der Waals surface area contributed by atoms with Gasteiger partial charge in [0.1, 0.15) is 11.7 Å². The molecule has 21 heavy (non-hydrogen) atoms. The molecule has 0 bridgehead atoms. The van der Waals surface area contributed by atoms with Gasteiger partial charge in [-0.25, -0.2) is 4.79 Å². The van der Waals surface area contributed by atoms with Crippen LogP contribution in [0.4, 0.5) is 0 Å². The van der Waals surface area contributed by atoms with Crippen molar-refractivity contribution in [1.82, 2.24) is 10.3 Å². The lowest BCUT2D eigenvalue weighted by molar-refractivity contribution is -0.140. The summed E-state index contributed by atoms with van der Waals surface area (Å²) < 4.78 is 0. The first kappa shape index (κ1) is 15.4. The van der Waals surface area contributed by atoms with Crippen molar-refractivity contribution in [2.24, 2.45) is 5.92 Å². The van der Waals surface area contributed by atoms with Gasteiger partial charge in [-0.2, -0.15) is 0 Å². The van der Waals surface area contributed by atoms with E-state index in [-0.39, 0.29) is 5.92 Å². The van der Waals surface area contributed by atoms with Gasteiger partial charge in [0, 0.05) is 15.9 Å². The summed E-state index contributed by atoms with van der Waals surface area (Å²) in [6.45, 7) is 3.68. The number of amides is 1. The zero-order valence-electron chi connectivity index (χ0n) is 11.8. The minimum atomic E-state index is -1.03. The molecular weight excluding hydrogens is 292 g/mol. The highest BCUT2D eigenvalue weighted by Crippen LogP contribution is 2.20. The molecule has 0 fully saturated rings. The van der Waals surface area contributed by atoms with E-state index >= 15 is 0 Å². The lowest BCUT2D eigenvalue weighted by atomic mass is 9.99. The van der Waals surface area contributed by atoms with E-state index < -0.39 is 17.9 Å². The fraction of sp³-hybridized carbons (Fsp3) is 0.333. The number of hydrogen-bond acceptors (Lipinski definition) is 2. The van der Waals surface area contributed by atoms with E-state index in [0.717, 1.165) is 10.9 Å². The maximum Gasteiger partial charge on any atom is 0.326 e. The second-order valence-electron chi connectivity index (χ2n) is 5.09. The summed E-state index contributed by atoms with van der Waals surface area (Å²) in [7, 11) is 0. The molecule has 1 aromatic heterocycles. The lowest BCUT2D eigenvalue weighted by Crippen LogP contribution is -2.45. The molecule has 0 spiro atoms. The van der Waals surface area contributed by atoms with Gasteiger partial charge in [0.15, 0.2) is 0 Å². The first-order valence-electron chi connectivity index (χ1n) is 6.74. The Balaban J connectivity index is 2.23. The molecule has 0 aliphatic rings. The van der Waals surface area contributed by atoms with Crippen molar-refractivity contribution in [1.29, 1.82) is 0 Å². The topological polar surface area (TPSA) is 82.2 Å². The number of H-pyrrole nitrogens is 1. The summed E-state index contributed by atoms with van der Waals surface area (Å²) in [5, 5.41) is 13.2. The average molecular weight is 309 g/mol. The van der Waals surface area contributed by atoms with Gasteiger partial charge in [-0.05, 0) is 24.1 Å². The van der Waals surface area contributed by atoms with E-state index in [1.165, 1.54) is 0 Å². The standard InChI is InChI=1S/C15H17ClN2O3/c1-3-8(2)13(15(20)21)18-14(19)12-6-9-4-5-10(16)7-11(9)17-12/h4-8,13,17H,3H2,1-2H3,(H,18,19)(H,20,21)/t8-,13-/m0/s1. The Hall–Kier alpha value is -2.01. The number of aromatic nitrogens is 1. The number of benzene rings is 1. The number of carboxylic acids is 1. The Morgan fingerprint density at radius 1 is 1.38 bits per heavy atom. The van der Waals surface area contributed by atoms with Crippen LogP contribution in [0.1, 0.15) is 30.8 Å². The van der Waals surface area contributed by atoms with Gasteiger partial charge < -0.3 is 15.4 Å². The van der Waals surface area contributed by atoms with Crippen LogP contribution in [0.3, 0.4) is 0 Å². The third-order valence-electron chi connectivity index (χ3n) is 3.59. The summed E-state index contributed by atoms with van der Waals surface area (Å²) >= 11 is 5.90. The maximum absolute atomic E-state index is 12.2. The molecule has 0 aliphatic carbocycles. The van der Waals surface area contributed by atoms with Gasteiger partial charge in [-0.15, -0.1) is 0 Å². The third kappa shape index (κ3) is 3.36. The van der Waals surface area contributed by atoms with Gasteiger partial charge in [-0.1, -0.05) is 37.9 Å². The molecule has 3 N–H and O–H groups in total. The normalized spacial score (nSPS) is 13.9. The smallest absolute Gasteiger partial charge is 0.326 e. The number of halogens is 1. The van der Waals surface area contributed by atoms with E-state index in [9.17, 15) is 14.7 Å². The molecular formula is C15H17ClN2O3. The zero-order valence-corrected chi connectivity index (χ0v) is 12.6. The fourth-order valence-corrected chi connectivity index (χ4v) is 2.30. The molecule has 1 amide bonds. The second kappa shape index (κ2) is 6.18. The zero-order chi connectivity index (χ0) is 15.6. The predicted octanol–water partition coefficient (Wildman–Crippen LogP) is 3.05. The molecule has 1 aromatic carbocycles. The predicted molar refractivity (Wildman–Crippen MR) is 81.7 cm³/mol. The van der Waals surface area contributed by atoms with E-state index in [4.69, 9.17) is 11.6 Å². The van der Waals surface area contributed by atoms with Crippen molar-refractivity contribution >= 4 is 34.4 Å². The van der Waals surface area contributed by atoms with E-state index in [1.54, 1.807) is 31.2 Å². The van der Waals surface area contributed by atoms with Crippen LogP contribution in [0.25, 0.3) is 10.9 Å². The highest BCUT2D eigenvalue weighted by molar-refractivity contribution is 6.31. The number of carboxylic acid groups (broad SMARTS) is 1. The van der Waals surface area contributed by atoms with Gasteiger partial charge in [-0.3, -0.25) is 4.79 Å². The number of hydrogen-bond donors (Lipinski definition) is 3. The molecule has 0 saturated carbocycles. The summed E-state index contributed by atoms with van der Waals surface area (Å²) in [5.74, 6) is -1.61. The SMILES string of the molecule is CC[C@H](C)[C@H](NC(=O)c1cc2ccc(Cl)cc2[nH]1)C(=O)O. The largest absolute Gasteiger partial charge is 0.480 e. The van der Waals surface area contributed by atoms with Crippen molar-refractivity contribution in [3.63, 3.8) is 0 Å². The number of nitrogens with one attached hydrogen (secondary N) is 2. The minimum Gasteiger partial charge on any atom is -0.480 e. The lowest BCUT2D eigenvalue weighted by Gasteiger charge is -2.19. The molecule has 0 saturated heterocycles. The third-order valence-corrected chi connectivity index (χ3v) is 3.83. The molecule has 112 valence electrons. The first-order valence-corrected chi connectivity index (χ1v) is 7.12. The Kier molecular flexibility index (Phi) is 4.53. The molecule has 0 aliphatic heterocycles. The highest BCUT2D eigenvalue weighted by Gasteiger charge is 2.26. The Bertz CT molecular complexity index is 681. The quantitative estimate of drug-likeness (QED) is 0.794. The second-order valence-corrected chi connectivity index (χ2v) is 5.53. The van der Waals surface area contributed by atoms with Crippen molar-refractivity contribution in [2.75, 3.05) is 0 Å². The number of aliphatic carboxylic acids is 1. The number of rotatable bonds is 5. The molecule has 5 nitrogen and oxygen atoms in total. The molecule has 0 unspecified atom stereocenters. The number of aromatic amines is 1. The fourth-order valence-electron chi connectivity index (χ4n) is 2.12. The Morgan fingerprint density at radius 3 is 2.71 bits per heavy atom. The summed E-state index contributed by atoms with van der Waals surface area (Å²) in [6, 6.07) is 6.03. The minimum absolute atomic E-state index is 0.148. The van der Waals surface area contributed by atoms with Crippen LogP contribution >= 0.6 is 11.6 Å². The van der Waals surface area contributed by atoms with E-state index in [0.29, 0.717) is 17.1 Å². The van der Waals surface area contributed by atoms with Crippen molar-refractivity contribution in [3.05, 3.63) is 35.0 Å². The molecule has 6 heteroatoms. The van der Waals surface area contributed by atoms with Crippen LogP contribution in [0, 0.1) is 5.92 Å². The molecule has 2 rings (SSSR count). The van der Waals surface area contributed by atoms with Crippen molar-refractivity contribution < 1.29 is 14.7 Å².